The van der Waals surface area contributed by atoms with Crippen LogP contribution in [-0.4, -0.2) is 24.6 Å². The fraction of sp³-hybridized carbons (Fsp3) is 0.647. The molecule has 0 saturated heterocycles. The largest absolute Gasteiger partial charge is 0.314 e. The Hall–Kier alpha value is -0.470. The molecule has 0 spiro atoms. The van der Waals surface area contributed by atoms with Crippen LogP contribution in [0, 0.1) is 12.8 Å². The second kappa shape index (κ2) is 7.96. The van der Waals surface area contributed by atoms with E-state index in [0.717, 1.165) is 12.0 Å². The van der Waals surface area contributed by atoms with Crippen molar-refractivity contribution in [2.45, 2.75) is 45.1 Å². The Kier molecular flexibility index (Phi) is 6.25. The van der Waals surface area contributed by atoms with Crippen molar-refractivity contribution in [3.05, 3.63) is 35.4 Å². The molecule has 1 nitrogen and oxygen atoms in total. The minimum absolute atomic E-state index is 0.801. The van der Waals surface area contributed by atoms with Crippen LogP contribution in [0.1, 0.15) is 36.8 Å². The van der Waals surface area contributed by atoms with E-state index in [0.29, 0.717) is 0 Å². The van der Waals surface area contributed by atoms with Gasteiger partial charge in [0.15, 0.2) is 0 Å². The zero-order valence-corrected chi connectivity index (χ0v) is 13.1. The van der Waals surface area contributed by atoms with Gasteiger partial charge in [0.05, 0.1) is 0 Å². The lowest BCUT2D eigenvalue weighted by atomic mass is 9.94. The second-order valence-electron chi connectivity index (χ2n) is 5.87. The molecule has 2 heteroatoms. The monoisotopic (exact) mass is 277 g/mol. The molecule has 1 fully saturated rings. The third-order valence-corrected chi connectivity index (χ3v) is 4.58. The highest BCUT2D eigenvalue weighted by Crippen LogP contribution is 2.21. The summed E-state index contributed by atoms with van der Waals surface area (Å²) in [5, 5.41) is 3.71. The first-order valence-electron chi connectivity index (χ1n) is 7.56. The molecule has 0 heterocycles. The highest BCUT2D eigenvalue weighted by molar-refractivity contribution is 7.98. The first-order chi connectivity index (χ1) is 9.28. The molecule has 1 atom stereocenters. The lowest BCUT2D eigenvalue weighted by Crippen LogP contribution is -2.26. The van der Waals surface area contributed by atoms with Crippen LogP contribution in [0.25, 0.3) is 0 Å². The molecule has 2 rings (SSSR count). The lowest BCUT2D eigenvalue weighted by molar-refractivity contribution is 0.438. The van der Waals surface area contributed by atoms with Gasteiger partial charge in [-0.3, -0.25) is 0 Å². The van der Waals surface area contributed by atoms with Gasteiger partial charge in [0.2, 0.25) is 0 Å². The third kappa shape index (κ3) is 6.01. The van der Waals surface area contributed by atoms with Crippen molar-refractivity contribution in [1.82, 2.24) is 5.32 Å². The molecule has 0 radical (unpaired) electrons. The number of nitrogens with one attached hydrogen (secondary N) is 1. The van der Waals surface area contributed by atoms with E-state index in [1.807, 2.05) is 11.8 Å². The van der Waals surface area contributed by atoms with E-state index in [-0.39, 0.29) is 0 Å². The van der Waals surface area contributed by atoms with Gasteiger partial charge >= 0.3 is 0 Å². The molecule has 0 aromatic heterocycles. The lowest BCUT2D eigenvalue weighted by Gasteiger charge is -2.18. The first-order valence-corrected chi connectivity index (χ1v) is 8.95. The van der Waals surface area contributed by atoms with Crippen LogP contribution in [0.15, 0.2) is 24.3 Å². The SMILES string of the molecule is CSCCCC(CNC1CC1)Cc1ccc(C)cc1. The minimum atomic E-state index is 0.801. The van der Waals surface area contributed by atoms with E-state index in [1.54, 1.807) is 0 Å². The standard InChI is InChI=1S/C17H27NS/c1-14-5-7-15(8-6-14)12-16(4-3-11-19-2)13-18-17-9-10-17/h5-8,16-18H,3-4,9-13H2,1-2H3. The predicted octanol–water partition coefficient (Wildman–Crippen LogP) is 4.05. The summed E-state index contributed by atoms with van der Waals surface area (Å²) < 4.78 is 0. The molecule has 1 aromatic rings. The van der Waals surface area contributed by atoms with Gasteiger partial charge in [-0.05, 0) is 69.1 Å². The van der Waals surface area contributed by atoms with Crippen LogP contribution in [0.4, 0.5) is 0 Å². The Morgan fingerprint density at radius 3 is 2.63 bits per heavy atom. The summed E-state index contributed by atoms with van der Waals surface area (Å²) in [6.07, 6.45) is 8.93. The number of aryl methyl sites for hydroxylation is 1. The first kappa shape index (κ1) is 14.9. The van der Waals surface area contributed by atoms with Crippen LogP contribution in [-0.2, 0) is 6.42 Å². The molecule has 0 bridgehead atoms. The van der Waals surface area contributed by atoms with E-state index in [2.05, 4.69) is 42.8 Å². The van der Waals surface area contributed by atoms with E-state index < -0.39 is 0 Å². The van der Waals surface area contributed by atoms with Crippen LogP contribution >= 0.6 is 11.8 Å². The van der Waals surface area contributed by atoms with Crippen molar-refractivity contribution in [1.29, 1.82) is 0 Å². The van der Waals surface area contributed by atoms with Crippen molar-refractivity contribution >= 4 is 11.8 Å². The maximum Gasteiger partial charge on any atom is 0.00683 e. The molecule has 1 aliphatic carbocycles. The van der Waals surface area contributed by atoms with E-state index in [9.17, 15) is 0 Å². The molecule has 1 saturated carbocycles. The molecule has 1 unspecified atom stereocenters. The average molecular weight is 277 g/mol. The van der Waals surface area contributed by atoms with Crippen LogP contribution in [0.3, 0.4) is 0 Å². The van der Waals surface area contributed by atoms with Crippen molar-refractivity contribution < 1.29 is 0 Å². The quantitative estimate of drug-likeness (QED) is 0.683. The molecule has 1 aromatic carbocycles. The Balaban J connectivity index is 1.81. The summed E-state index contributed by atoms with van der Waals surface area (Å²) in [4.78, 5) is 0. The normalized spacial score (nSPS) is 16.5. The third-order valence-electron chi connectivity index (χ3n) is 3.88. The minimum Gasteiger partial charge on any atom is -0.314 e. The van der Waals surface area contributed by atoms with Crippen molar-refractivity contribution in [2.75, 3.05) is 18.6 Å². The van der Waals surface area contributed by atoms with E-state index in [1.165, 1.54) is 55.5 Å². The fourth-order valence-corrected chi connectivity index (χ4v) is 2.93. The second-order valence-corrected chi connectivity index (χ2v) is 6.86. The van der Waals surface area contributed by atoms with Gasteiger partial charge in [-0.2, -0.15) is 11.8 Å². The van der Waals surface area contributed by atoms with Crippen molar-refractivity contribution in [3.63, 3.8) is 0 Å². The molecule has 0 aliphatic heterocycles. The average Bonchev–Trinajstić information content (AvgIpc) is 3.23. The van der Waals surface area contributed by atoms with E-state index in [4.69, 9.17) is 0 Å². The summed E-state index contributed by atoms with van der Waals surface area (Å²) in [6.45, 7) is 3.36. The van der Waals surface area contributed by atoms with Gasteiger partial charge in [0, 0.05) is 6.04 Å². The summed E-state index contributed by atoms with van der Waals surface area (Å²) in [7, 11) is 0. The number of hydrogen-bond donors (Lipinski definition) is 1. The fourth-order valence-electron chi connectivity index (χ4n) is 2.47. The zero-order valence-electron chi connectivity index (χ0n) is 12.3. The maximum absolute atomic E-state index is 3.71. The molecule has 19 heavy (non-hydrogen) atoms. The Morgan fingerprint density at radius 2 is 2.00 bits per heavy atom. The van der Waals surface area contributed by atoms with E-state index >= 15 is 0 Å². The molecule has 0 amide bonds. The molecule has 106 valence electrons. The van der Waals surface area contributed by atoms with Gasteiger partial charge in [0.1, 0.15) is 0 Å². The maximum atomic E-state index is 3.71. The van der Waals surface area contributed by atoms with Crippen molar-refractivity contribution in [3.8, 4) is 0 Å². The highest BCUT2D eigenvalue weighted by Gasteiger charge is 2.21. The van der Waals surface area contributed by atoms with Gasteiger partial charge in [0.25, 0.3) is 0 Å². The summed E-state index contributed by atoms with van der Waals surface area (Å²) in [5.74, 6) is 2.10. The van der Waals surface area contributed by atoms with Crippen LogP contribution in [0.5, 0.6) is 0 Å². The summed E-state index contributed by atoms with van der Waals surface area (Å²) in [6, 6.07) is 9.91. The molecular weight excluding hydrogens is 250 g/mol. The van der Waals surface area contributed by atoms with Gasteiger partial charge in [-0.25, -0.2) is 0 Å². The zero-order chi connectivity index (χ0) is 13.5. The summed E-state index contributed by atoms with van der Waals surface area (Å²) in [5.41, 5.74) is 2.86. The smallest absolute Gasteiger partial charge is 0.00683 e. The number of thioether (sulfide) groups is 1. The predicted molar refractivity (Wildman–Crippen MR) is 87.0 cm³/mol. The van der Waals surface area contributed by atoms with Crippen molar-refractivity contribution in [2.24, 2.45) is 5.92 Å². The van der Waals surface area contributed by atoms with Gasteiger partial charge < -0.3 is 5.32 Å². The number of benzene rings is 1. The Bertz CT molecular complexity index is 356. The van der Waals surface area contributed by atoms with Crippen LogP contribution < -0.4 is 5.32 Å². The molecular formula is C17H27NS. The highest BCUT2D eigenvalue weighted by atomic mass is 32.2. The summed E-state index contributed by atoms with van der Waals surface area (Å²) >= 11 is 1.97. The number of hydrogen-bond acceptors (Lipinski definition) is 2. The van der Waals surface area contributed by atoms with Crippen LogP contribution in [0.2, 0.25) is 0 Å². The Labute approximate surface area is 122 Å². The topological polar surface area (TPSA) is 12.0 Å². The molecule has 1 N–H and O–H groups in total. The van der Waals surface area contributed by atoms with Gasteiger partial charge in [-0.15, -0.1) is 0 Å². The van der Waals surface area contributed by atoms with Gasteiger partial charge in [-0.1, -0.05) is 29.8 Å². The Morgan fingerprint density at radius 1 is 1.26 bits per heavy atom. The number of rotatable bonds is 9. The molecule has 1 aliphatic rings.